The van der Waals surface area contributed by atoms with Crippen LogP contribution in [0, 0.1) is 0 Å². The molecule has 2 rings (SSSR count). The molecule has 0 aliphatic carbocycles. The van der Waals surface area contributed by atoms with Gasteiger partial charge in [0.15, 0.2) is 0 Å². The van der Waals surface area contributed by atoms with Crippen LogP contribution in [0.4, 0.5) is 5.95 Å². The van der Waals surface area contributed by atoms with E-state index >= 15 is 0 Å². The summed E-state index contributed by atoms with van der Waals surface area (Å²) in [7, 11) is 0. The number of carbonyl (C=O) groups excluding carboxylic acids is 1. The molecule has 1 aliphatic heterocycles. The van der Waals surface area contributed by atoms with Crippen molar-refractivity contribution in [2.75, 3.05) is 31.6 Å². The number of nitrogens with zero attached hydrogens (tertiary/aromatic N) is 3. The molecular weight excluding hydrogens is 244 g/mol. The fourth-order valence-corrected chi connectivity index (χ4v) is 1.80. The van der Waals surface area contributed by atoms with E-state index in [1.807, 2.05) is 0 Å². The molecule has 1 unspecified atom stereocenters. The van der Waals surface area contributed by atoms with E-state index < -0.39 is 0 Å². The van der Waals surface area contributed by atoms with Gasteiger partial charge in [0.1, 0.15) is 5.69 Å². The van der Waals surface area contributed by atoms with E-state index in [1.165, 1.54) is 0 Å². The molecule has 1 aromatic heterocycles. The summed E-state index contributed by atoms with van der Waals surface area (Å²) in [6, 6.07) is 1.94. The number of morpholine rings is 1. The van der Waals surface area contributed by atoms with Gasteiger partial charge in [-0.25, -0.2) is 9.97 Å². The lowest BCUT2D eigenvalue weighted by Gasteiger charge is -2.26. The smallest absolute Gasteiger partial charge is 0.272 e. The van der Waals surface area contributed by atoms with Crippen molar-refractivity contribution in [3.8, 4) is 0 Å². The van der Waals surface area contributed by atoms with E-state index in [-0.39, 0.29) is 11.9 Å². The van der Waals surface area contributed by atoms with Gasteiger partial charge in [0.2, 0.25) is 5.95 Å². The molecule has 1 aliphatic rings. The highest BCUT2D eigenvalue weighted by atomic mass is 16.5. The second kappa shape index (κ2) is 6.47. The number of hydrogen-bond donors (Lipinski definition) is 1. The van der Waals surface area contributed by atoms with Gasteiger partial charge in [-0.2, -0.15) is 0 Å². The summed E-state index contributed by atoms with van der Waals surface area (Å²) in [5, 5.41) is 3.17. The summed E-state index contributed by atoms with van der Waals surface area (Å²) in [6.45, 7) is 6.57. The first-order chi connectivity index (χ1) is 9.20. The molecule has 2 heterocycles. The van der Waals surface area contributed by atoms with E-state index in [9.17, 15) is 4.79 Å². The van der Waals surface area contributed by atoms with E-state index in [0.717, 1.165) is 6.42 Å². The van der Waals surface area contributed by atoms with Crippen molar-refractivity contribution in [2.24, 2.45) is 0 Å². The maximum absolute atomic E-state index is 12.3. The van der Waals surface area contributed by atoms with Gasteiger partial charge < -0.3 is 15.0 Å². The molecule has 19 heavy (non-hydrogen) atoms. The molecule has 1 saturated heterocycles. The molecular formula is C13H20N4O2. The number of nitrogens with one attached hydrogen (secondary N) is 1. The summed E-state index contributed by atoms with van der Waals surface area (Å²) in [5.41, 5.74) is 0.433. The van der Waals surface area contributed by atoms with Crippen LogP contribution in [0.2, 0.25) is 0 Å². The number of ether oxygens (including phenoxy) is 1. The van der Waals surface area contributed by atoms with Gasteiger partial charge in [0, 0.05) is 25.3 Å². The first-order valence-corrected chi connectivity index (χ1v) is 6.67. The highest BCUT2D eigenvalue weighted by Gasteiger charge is 2.20. The zero-order valence-electron chi connectivity index (χ0n) is 11.4. The Morgan fingerprint density at radius 1 is 1.53 bits per heavy atom. The topological polar surface area (TPSA) is 67.4 Å². The number of anilines is 1. The van der Waals surface area contributed by atoms with Crippen molar-refractivity contribution < 1.29 is 9.53 Å². The molecule has 0 spiro atoms. The Bertz CT molecular complexity index is 432. The van der Waals surface area contributed by atoms with Crippen LogP contribution in [0.25, 0.3) is 0 Å². The quantitative estimate of drug-likeness (QED) is 0.884. The molecule has 0 aromatic carbocycles. The lowest BCUT2D eigenvalue weighted by molar-refractivity contribution is 0.0299. The first-order valence-electron chi connectivity index (χ1n) is 6.67. The third kappa shape index (κ3) is 3.64. The normalized spacial score (nSPS) is 17.1. The highest BCUT2D eigenvalue weighted by Crippen LogP contribution is 2.08. The van der Waals surface area contributed by atoms with E-state index in [0.29, 0.717) is 37.9 Å². The molecule has 1 amide bonds. The Morgan fingerprint density at radius 2 is 2.26 bits per heavy atom. The highest BCUT2D eigenvalue weighted by molar-refractivity contribution is 5.92. The third-order valence-corrected chi connectivity index (χ3v) is 3.16. The maximum atomic E-state index is 12.3. The molecule has 1 N–H and O–H groups in total. The Kier molecular flexibility index (Phi) is 4.68. The van der Waals surface area contributed by atoms with Gasteiger partial charge in [-0.3, -0.25) is 4.79 Å². The predicted molar refractivity (Wildman–Crippen MR) is 72.1 cm³/mol. The van der Waals surface area contributed by atoms with E-state index in [1.54, 1.807) is 17.2 Å². The Labute approximate surface area is 113 Å². The predicted octanol–water partition coefficient (Wildman–Crippen LogP) is 1.16. The molecule has 0 bridgehead atoms. The van der Waals surface area contributed by atoms with Crippen LogP contribution in [-0.2, 0) is 4.74 Å². The van der Waals surface area contributed by atoms with Gasteiger partial charge in [-0.15, -0.1) is 0 Å². The molecule has 1 atom stereocenters. The van der Waals surface area contributed by atoms with Crippen LogP contribution in [0.15, 0.2) is 12.3 Å². The standard InChI is InChI=1S/C13H20N4O2/c1-3-10(2)15-13-14-5-4-11(16-13)12(18)17-6-8-19-9-7-17/h4-5,10H,3,6-9H2,1-2H3,(H,14,15,16). The molecule has 0 radical (unpaired) electrons. The van der Waals surface area contributed by atoms with Crippen LogP contribution in [0.1, 0.15) is 30.8 Å². The van der Waals surface area contributed by atoms with Gasteiger partial charge in [0.05, 0.1) is 13.2 Å². The average Bonchev–Trinajstić information content (AvgIpc) is 2.47. The number of hydrogen-bond acceptors (Lipinski definition) is 5. The fraction of sp³-hybridized carbons (Fsp3) is 0.615. The number of rotatable bonds is 4. The second-order valence-electron chi connectivity index (χ2n) is 4.62. The monoisotopic (exact) mass is 264 g/mol. The van der Waals surface area contributed by atoms with Crippen molar-refractivity contribution in [3.05, 3.63) is 18.0 Å². The van der Waals surface area contributed by atoms with Crippen LogP contribution >= 0.6 is 0 Å². The number of amides is 1. The lowest BCUT2D eigenvalue weighted by atomic mass is 10.3. The van der Waals surface area contributed by atoms with Crippen LogP contribution in [-0.4, -0.2) is 53.1 Å². The van der Waals surface area contributed by atoms with Crippen LogP contribution in [0.5, 0.6) is 0 Å². The second-order valence-corrected chi connectivity index (χ2v) is 4.62. The summed E-state index contributed by atoms with van der Waals surface area (Å²) in [5.74, 6) is 0.450. The number of aromatic nitrogens is 2. The minimum Gasteiger partial charge on any atom is -0.378 e. The van der Waals surface area contributed by atoms with E-state index in [2.05, 4.69) is 29.1 Å². The van der Waals surface area contributed by atoms with Gasteiger partial charge >= 0.3 is 0 Å². The molecule has 0 saturated carbocycles. The first kappa shape index (κ1) is 13.7. The Morgan fingerprint density at radius 3 is 2.95 bits per heavy atom. The minimum atomic E-state index is -0.0575. The summed E-state index contributed by atoms with van der Waals surface area (Å²) >= 11 is 0. The van der Waals surface area contributed by atoms with Crippen molar-refractivity contribution in [2.45, 2.75) is 26.3 Å². The Balaban J connectivity index is 2.06. The van der Waals surface area contributed by atoms with Crippen LogP contribution in [0.3, 0.4) is 0 Å². The fourth-order valence-electron chi connectivity index (χ4n) is 1.80. The molecule has 6 nitrogen and oxygen atoms in total. The molecule has 104 valence electrons. The summed E-state index contributed by atoms with van der Waals surface area (Å²) in [4.78, 5) is 22.4. The summed E-state index contributed by atoms with van der Waals surface area (Å²) in [6.07, 6.45) is 2.59. The molecule has 1 fully saturated rings. The largest absolute Gasteiger partial charge is 0.378 e. The average molecular weight is 264 g/mol. The van der Waals surface area contributed by atoms with Crippen molar-refractivity contribution in [3.63, 3.8) is 0 Å². The van der Waals surface area contributed by atoms with Gasteiger partial charge in [-0.05, 0) is 19.4 Å². The van der Waals surface area contributed by atoms with Gasteiger partial charge in [-0.1, -0.05) is 6.92 Å². The van der Waals surface area contributed by atoms with Crippen molar-refractivity contribution >= 4 is 11.9 Å². The Hall–Kier alpha value is -1.69. The maximum Gasteiger partial charge on any atom is 0.272 e. The minimum absolute atomic E-state index is 0.0575. The van der Waals surface area contributed by atoms with Crippen LogP contribution < -0.4 is 5.32 Å². The SMILES string of the molecule is CCC(C)Nc1nccc(C(=O)N2CCOCC2)n1. The lowest BCUT2D eigenvalue weighted by Crippen LogP contribution is -2.41. The zero-order valence-corrected chi connectivity index (χ0v) is 11.4. The van der Waals surface area contributed by atoms with Gasteiger partial charge in [0.25, 0.3) is 5.91 Å². The zero-order chi connectivity index (χ0) is 13.7. The van der Waals surface area contributed by atoms with Crippen molar-refractivity contribution in [1.82, 2.24) is 14.9 Å². The molecule has 6 heteroatoms. The van der Waals surface area contributed by atoms with E-state index in [4.69, 9.17) is 4.74 Å². The number of carbonyl (C=O) groups is 1. The molecule has 1 aromatic rings. The third-order valence-electron chi connectivity index (χ3n) is 3.16. The summed E-state index contributed by atoms with van der Waals surface area (Å²) < 4.78 is 5.24. The van der Waals surface area contributed by atoms with Crippen molar-refractivity contribution in [1.29, 1.82) is 0 Å².